The lowest BCUT2D eigenvalue weighted by Gasteiger charge is -2.21. The SMILES string of the molecule is Cn1c2c(c3ccccc31)CC(CBr)CC2. The first-order valence-electron chi connectivity index (χ1n) is 5.92. The minimum absolute atomic E-state index is 0.818. The minimum atomic E-state index is 0.818. The molecule has 1 nitrogen and oxygen atoms in total. The first kappa shape index (κ1) is 10.4. The van der Waals surface area contributed by atoms with Crippen LogP contribution in [0, 0.1) is 5.92 Å². The summed E-state index contributed by atoms with van der Waals surface area (Å²) in [6.45, 7) is 0. The molecule has 0 saturated carbocycles. The number of nitrogens with zero attached hydrogens (tertiary/aromatic N) is 1. The normalized spacial score (nSPS) is 20.0. The van der Waals surface area contributed by atoms with Gasteiger partial charge in [-0.3, -0.25) is 0 Å². The van der Waals surface area contributed by atoms with Crippen molar-refractivity contribution in [2.24, 2.45) is 13.0 Å². The highest BCUT2D eigenvalue weighted by Gasteiger charge is 2.23. The summed E-state index contributed by atoms with van der Waals surface area (Å²) in [6, 6.07) is 8.79. The van der Waals surface area contributed by atoms with Gasteiger partial charge in [0, 0.05) is 29.0 Å². The Bertz CT molecular complexity index is 527. The van der Waals surface area contributed by atoms with Gasteiger partial charge in [-0.05, 0) is 36.8 Å². The number of hydrogen-bond donors (Lipinski definition) is 0. The van der Waals surface area contributed by atoms with E-state index in [4.69, 9.17) is 0 Å². The van der Waals surface area contributed by atoms with Gasteiger partial charge in [0.1, 0.15) is 0 Å². The molecule has 1 aliphatic carbocycles. The van der Waals surface area contributed by atoms with E-state index in [-0.39, 0.29) is 0 Å². The summed E-state index contributed by atoms with van der Waals surface area (Å²) in [4.78, 5) is 0. The van der Waals surface area contributed by atoms with Crippen LogP contribution < -0.4 is 0 Å². The highest BCUT2D eigenvalue weighted by molar-refractivity contribution is 9.09. The Morgan fingerprint density at radius 1 is 1.38 bits per heavy atom. The van der Waals surface area contributed by atoms with Crippen molar-refractivity contribution in [2.75, 3.05) is 5.33 Å². The van der Waals surface area contributed by atoms with Crippen molar-refractivity contribution in [1.29, 1.82) is 0 Å². The number of hydrogen-bond acceptors (Lipinski definition) is 0. The van der Waals surface area contributed by atoms with Gasteiger partial charge in [-0.25, -0.2) is 0 Å². The van der Waals surface area contributed by atoms with Gasteiger partial charge in [0.05, 0.1) is 0 Å². The molecule has 0 saturated heterocycles. The third kappa shape index (κ3) is 1.43. The fourth-order valence-electron chi connectivity index (χ4n) is 2.93. The van der Waals surface area contributed by atoms with Gasteiger partial charge in [-0.2, -0.15) is 0 Å². The molecule has 84 valence electrons. The molecule has 0 radical (unpaired) electrons. The fraction of sp³-hybridized carbons (Fsp3) is 0.429. The predicted molar refractivity (Wildman–Crippen MR) is 72.2 cm³/mol. The van der Waals surface area contributed by atoms with E-state index in [1.165, 1.54) is 30.2 Å². The maximum atomic E-state index is 3.63. The van der Waals surface area contributed by atoms with Crippen molar-refractivity contribution in [2.45, 2.75) is 19.3 Å². The zero-order valence-corrected chi connectivity index (χ0v) is 11.1. The van der Waals surface area contributed by atoms with Crippen molar-refractivity contribution < 1.29 is 0 Å². The largest absolute Gasteiger partial charge is 0.347 e. The zero-order valence-electron chi connectivity index (χ0n) is 9.54. The number of rotatable bonds is 1. The first-order chi connectivity index (χ1) is 7.81. The quantitative estimate of drug-likeness (QED) is 0.701. The highest BCUT2D eigenvalue weighted by atomic mass is 79.9. The highest BCUT2D eigenvalue weighted by Crippen LogP contribution is 2.34. The molecule has 0 fully saturated rings. The number of benzene rings is 1. The molecular weight excluding hydrogens is 262 g/mol. The second-order valence-electron chi connectivity index (χ2n) is 4.76. The molecule has 0 aliphatic heterocycles. The van der Waals surface area contributed by atoms with Gasteiger partial charge in [0.15, 0.2) is 0 Å². The van der Waals surface area contributed by atoms with Crippen molar-refractivity contribution in [3.63, 3.8) is 0 Å². The molecule has 1 atom stereocenters. The zero-order chi connectivity index (χ0) is 11.1. The summed E-state index contributed by atoms with van der Waals surface area (Å²) in [5, 5.41) is 2.60. The van der Waals surface area contributed by atoms with E-state index >= 15 is 0 Å². The second kappa shape index (κ2) is 3.92. The average molecular weight is 278 g/mol. The molecule has 1 aromatic heterocycles. The van der Waals surface area contributed by atoms with Crippen molar-refractivity contribution >= 4 is 26.8 Å². The minimum Gasteiger partial charge on any atom is -0.347 e. The molecule has 1 aliphatic rings. The van der Waals surface area contributed by atoms with Gasteiger partial charge in [-0.15, -0.1) is 0 Å². The van der Waals surface area contributed by atoms with Crippen LogP contribution in [0.2, 0.25) is 0 Å². The van der Waals surface area contributed by atoms with Crippen LogP contribution in [-0.4, -0.2) is 9.90 Å². The van der Waals surface area contributed by atoms with Crippen molar-refractivity contribution in [3.05, 3.63) is 35.5 Å². The Balaban J connectivity index is 2.21. The molecule has 0 spiro atoms. The van der Waals surface area contributed by atoms with Crippen LogP contribution in [0.3, 0.4) is 0 Å². The Morgan fingerprint density at radius 2 is 2.19 bits per heavy atom. The smallest absolute Gasteiger partial charge is 0.0482 e. The third-order valence-corrected chi connectivity index (χ3v) is 4.76. The summed E-state index contributed by atoms with van der Waals surface area (Å²) in [6.07, 6.45) is 3.79. The van der Waals surface area contributed by atoms with E-state index in [0.717, 1.165) is 11.2 Å². The lowest BCUT2D eigenvalue weighted by Crippen LogP contribution is -2.16. The van der Waals surface area contributed by atoms with Crippen molar-refractivity contribution in [1.82, 2.24) is 4.57 Å². The van der Waals surface area contributed by atoms with Crippen LogP contribution in [0.1, 0.15) is 17.7 Å². The summed E-state index contributed by atoms with van der Waals surface area (Å²) in [7, 11) is 2.20. The maximum Gasteiger partial charge on any atom is 0.0482 e. The molecule has 1 unspecified atom stereocenters. The van der Waals surface area contributed by atoms with E-state index < -0.39 is 0 Å². The number of aromatic nitrogens is 1. The van der Waals surface area contributed by atoms with Crippen LogP contribution >= 0.6 is 15.9 Å². The summed E-state index contributed by atoms with van der Waals surface area (Å²) < 4.78 is 2.38. The molecule has 0 N–H and O–H groups in total. The fourth-order valence-corrected chi connectivity index (χ4v) is 3.49. The Labute approximate surface area is 105 Å². The van der Waals surface area contributed by atoms with Crippen LogP contribution in [-0.2, 0) is 19.9 Å². The van der Waals surface area contributed by atoms with Gasteiger partial charge in [-0.1, -0.05) is 34.1 Å². The second-order valence-corrected chi connectivity index (χ2v) is 5.41. The monoisotopic (exact) mass is 277 g/mol. The van der Waals surface area contributed by atoms with Crippen LogP contribution in [0.5, 0.6) is 0 Å². The van der Waals surface area contributed by atoms with Crippen LogP contribution in [0.25, 0.3) is 10.9 Å². The van der Waals surface area contributed by atoms with Gasteiger partial charge in [0.25, 0.3) is 0 Å². The maximum absolute atomic E-state index is 3.63. The number of halogens is 1. The van der Waals surface area contributed by atoms with Crippen molar-refractivity contribution in [3.8, 4) is 0 Å². The third-order valence-electron chi connectivity index (χ3n) is 3.84. The molecule has 2 aromatic rings. The number of para-hydroxylation sites is 1. The summed E-state index contributed by atoms with van der Waals surface area (Å²) in [5.74, 6) is 0.818. The topological polar surface area (TPSA) is 4.93 Å². The Morgan fingerprint density at radius 3 is 3.00 bits per heavy atom. The van der Waals surface area contributed by atoms with Gasteiger partial charge < -0.3 is 4.57 Å². The van der Waals surface area contributed by atoms with E-state index in [2.05, 4.69) is 51.8 Å². The van der Waals surface area contributed by atoms with E-state index in [1.54, 1.807) is 11.3 Å². The number of aryl methyl sites for hydroxylation is 1. The van der Waals surface area contributed by atoms with Crippen LogP contribution in [0.4, 0.5) is 0 Å². The molecule has 0 bridgehead atoms. The molecule has 0 amide bonds. The Hall–Kier alpha value is -0.760. The predicted octanol–water partition coefficient (Wildman–Crippen LogP) is 3.68. The van der Waals surface area contributed by atoms with E-state index in [9.17, 15) is 0 Å². The van der Waals surface area contributed by atoms with E-state index in [1.807, 2.05) is 0 Å². The van der Waals surface area contributed by atoms with Gasteiger partial charge >= 0.3 is 0 Å². The molecule has 1 aromatic carbocycles. The molecule has 16 heavy (non-hydrogen) atoms. The van der Waals surface area contributed by atoms with E-state index in [0.29, 0.717) is 0 Å². The molecule has 3 rings (SSSR count). The number of alkyl halides is 1. The molecule has 1 heterocycles. The lowest BCUT2D eigenvalue weighted by atomic mass is 9.88. The summed E-state index contributed by atoms with van der Waals surface area (Å²) >= 11 is 3.63. The first-order valence-corrected chi connectivity index (χ1v) is 7.04. The average Bonchev–Trinajstić information content (AvgIpc) is 2.64. The summed E-state index contributed by atoms with van der Waals surface area (Å²) in [5.41, 5.74) is 4.54. The lowest BCUT2D eigenvalue weighted by molar-refractivity contribution is 0.502. The molecule has 2 heteroatoms. The molecular formula is C14H16BrN. The van der Waals surface area contributed by atoms with Crippen LogP contribution in [0.15, 0.2) is 24.3 Å². The Kier molecular flexibility index (Phi) is 2.55. The number of fused-ring (bicyclic) bond motifs is 3. The standard InChI is InChI=1S/C14H16BrN/c1-16-13-5-3-2-4-11(13)12-8-10(9-15)6-7-14(12)16/h2-5,10H,6-9H2,1H3. The van der Waals surface area contributed by atoms with Gasteiger partial charge in [0.2, 0.25) is 0 Å².